The summed E-state index contributed by atoms with van der Waals surface area (Å²) in [4.78, 5) is 4.55. The largest absolute Gasteiger partial charge is 0.252 e. The summed E-state index contributed by atoms with van der Waals surface area (Å²) < 4.78 is 0. The number of rotatable bonds is 5. The molecule has 0 aliphatic heterocycles. The number of thiazole rings is 1. The molecule has 114 valence electrons. The van der Waals surface area contributed by atoms with Crippen molar-refractivity contribution in [2.75, 3.05) is 5.43 Å². The molecule has 0 saturated carbocycles. The normalized spacial score (nSPS) is 11.8. The molecule has 4 heteroatoms. The van der Waals surface area contributed by atoms with E-state index in [9.17, 15) is 0 Å². The predicted molar refractivity (Wildman–Crippen MR) is 99.8 cm³/mol. The lowest BCUT2D eigenvalue weighted by Crippen LogP contribution is -1.93. The van der Waals surface area contributed by atoms with Gasteiger partial charge in [-0.2, -0.15) is 5.10 Å². The summed E-state index contributed by atoms with van der Waals surface area (Å²) in [5, 5.41) is 7.16. The molecule has 3 rings (SSSR count). The minimum atomic E-state index is 0.788. The van der Waals surface area contributed by atoms with Crippen molar-refractivity contribution in [1.82, 2.24) is 4.98 Å². The van der Waals surface area contributed by atoms with Gasteiger partial charge in [-0.15, -0.1) is 11.3 Å². The number of hydrogen-bond donors (Lipinski definition) is 1. The zero-order valence-corrected chi connectivity index (χ0v) is 13.6. The van der Waals surface area contributed by atoms with Crippen LogP contribution in [-0.2, 0) is 0 Å². The summed E-state index contributed by atoms with van der Waals surface area (Å²) >= 11 is 1.55. The van der Waals surface area contributed by atoms with E-state index in [4.69, 9.17) is 0 Å². The molecular weight excluding hydrogens is 302 g/mol. The van der Waals surface area contributed by atoms with Gasteiger partial charge in [0.2, 0.25) is 5.13 Å². The maximum Gasteiger partial charge on any atom is 0.203 e. The summed E-state index contributed by atoms with van der Waals surface area (Å²) in [5.41, 5.74) is 7.14. The van der Waals surface area contributed by atoms with Gasteiger partial charge >= 0.3 is 0 Å². The first-order valence-corrected chi connectivity index (χ1v) is 8.23. The van der Waals surface area contributed by atoms with E-state index in [0.29, 0.717) is 0 Å². The highest BCUT2D eigenvalue weighted by atomic mass is 32.1. The van der Waals surface area contributed by atoms with Crippen molar-refractivity contribution >= 4 is 28.3 Å². The smallest absolute Gasteiger partial charge is 0.203 e. The Hall–Kier alpha value is -2.72. The molecule has 0 saturated heterocycles. The van der Waals surface area contributed by atoms with E-state index in [-0.39, 0.29) is 0 Å². The fourth-order valence-corrected chi connectivity index (χ4v) is 2.68. The van der Waals surface area contributed by atoms with Gasteiger partial charge in [0.25, 0.3) is 0 Å². The summed E-state index contributed by atoms with van der Waals surface area (Å²) in [6.45, 7) is 1.96. The number of aromatic nitrogens is 1. The molecule has 0 atom stereocenters. The molecule has 3 nitrogen and oxygen atoms in total. The van der Waals surface area contributed by atoms with Gasteiger partial charge in [0.05, 0.1) is 11.4 Å². The SMILES string of the molecule is CC(/C=C/c1ccccc1)=N/Nc1nc(-c2ccccc2)cs1. The lowest BCUT2D eigenvalue weighted by Gasteiger charge is -1.97. The van der Waals surface area contributed by atoms with Crippen LogP contribution in [0, 0.1) is 0 Å². The van der Waals surface area contributed by atoms with Gasteiger partial charge < -0.3 is 0 Å². The Morgan fingerprint density at radius 2 is 1.74 bits per heavy atom. The minimum Gasteiger partial charge on any atom is -0.252 e. The lowest BCUT2D eigenvalue weighted by molar-refractivity contribution is 1.28. The third-order valence-corrected chi connectivity index (χ3v) is 3.97. The molecule has 0 spiro atoms. The average molecular weight is 319 g/mol. The summed E-state index contributed by atoms with van der Waals surface area (Å²) in [7, 11) is 0. The van der Waals surface area contributed by atoms with Crippen molar-refractivity contribution in [3.63, 3.8) is 0 Å². The zero-order chi connectivity index (χ0) is 15.9. The topological polar surface area (TPSA) is 37.3 Å². The number of benzene rings is 2. The Kier molecular flexibility index (Phi) is 4.96. The number of anilines is 1. The van der Waals surface area contributed by atoms with E-state index >= 15 is 0 Å². The predicted octanol–water partition coefficient (Wildman–Crippen LogP) is 5.31. The molecule has 2 aromatic carbocycles. The van der Waals surface area contributed by atoms with E-state index in [0.717, 1.165) is 27.7 Å². The van der Waals surface area contributed by atoms with Crippen molar-refractivity contribution in [3.8, 4) is 11.3 Å². The highest BCUT2D eigenvalue weighted by molar-refractivity contribution is 7.14. The number of hydrogen-bond acceptors (Lipinski definition) is 4. The monoisotopic (exact) mass is 319 g/mol. The van der Waals surface area contributed by atoms with E-state index in [1.165, 1.54) is 0 Å². The third-order valence-electron chi connectivity index (χ3n) is 3.22. The lowest BCUT2D eigenvalue weighted by atomic mass is 10.2. The Morgan fingerprint density at radius 3 is 2.48 bits per heavy atom. The molecule has 1 heterocycles. The van der Waals surface area contributed by atoms with Gasteiger partial charge in [-0.05, 0) is 18.6 Å². The Balaban J connectivity index is 1.64. The molecule has 23 heavy (non-hydrogen) atoms. The minimum absolute atomic E-state index is 0.788. The highest BCUT2D eigenvalue weighted by Crippen LogP contribution is 2.24. The van der Waals surface area contributed by atoms with E-state index in [1.54, 1.807) is 11.3 Å². The first-order chi connectivity index (χ1) is 11.3. The summed E-state index contributed by atoms with van der Waals surface area (Å²) in [6.07, 6.45) is 4.02. The second kappa shape index (κ2) is 7.51. The Bertz CT molecular complexity index is 805. The number of nitrogens with zero attached hydrogens (tertiary/aromatic N) is 2. The van der Waals surface area contributed by atoms with E-state index in [2.05, 4.69) is 39.8 Å². The fourth-order valence-electron chi connectivity index (χ4n) is 2.02. The molecule has 0 aliphatic rings. The molecule has 0 amide bonds. The van der Waals surface area contributed by atoms with Crippen LogP contribution >= 0.6 is 11.3 Å². The van der Waals surface area contributed by atoms with Gasteiger partial charge in [0.1, 0.15) is 0 Å². The fraction of sp³-hybridized carbons (Fsp3) is 0.0526. The maximum absolute atomic E-state index is 4.55. The van der Waals surface area contributed by atoms with Crippen LogP contribution in [0.2, 0.25) is 0 Å². The van der Waals surface area contributed by atoms with Crippen LogP contribution in [0.25, 0.3) is 17.3 Å². The molecule has 0 fully saturated rings. The van der Waals surface area contributed by atoms with E-state index in [1.807, 2.05) is 60.9 Å². The van der Waals surface area contributed by atoms with Gasteiger partial charge in [-0.3, -0.25) is 5.43 Å². The van der Waals surface area contributed by atoms with Crippen LogP contribution in [0.4, 0.5) is 5.13 Å². The molecule has 1 N–H and O–H groups in total. The first-order valence-electron chi connectivity index (χ1n) is 7.35. The van der Waals surface area contributed by atoms with Gasteiger partial charge in [0, 0.05) is 10.9 Å². The van der Waals surface area contributed by atoms with Crippen molar-refractivity contribution in [2.24, 2.45) is 5.10 Å². The van der Waals surface area contributed by atoms with E-state index < -0.39 is 0 Å². The van der Waals surface area contributed by atoms with Crippen molar-refractivity contribution in [1.29, 1.82) is 0 Å². The second-order valence-electron chi connectivity index (χ2n) is 5.01. The Labute approximate surface area is 140 Å². The van der Waals surface area contributed by atoms with Gasteiger partial charge in [0.15, 0.2) is 0 Å². The maximum atomic E-state index is 4.55. The summed E-state index contributed by atoms with van der Waals surface area (Å²) in [6, 6.07) is 20.3. The quantitative estimate of drug-likeness (QED) is 0.511. The number of hydrazone groups is 1. The number of nitrogens with one attached hydrogen (secondary N) is 1. The van der Waals surface area contributed by atoms with Crippen LogP contribution in [-0.4, -0.2) is 10.7 Å². The Morgan fingerprint density at radius 1 is 1.04 bits per heavy atom. The first kappa shape index (κ1) is 15.2. The number of allylic oxidation sites excluding steroid dienone is 1. The van der Waals surface area contributed by atoms with Crippen molar-refractivity contribution in [2.45, 2.75) is 6.92 Å². The molecular formula is C19H17N3S. The van der Waals surface area contributed by atoms with Crippen LogP contribution in [0.5, 0.6) is 0 Å². The molecule has 0 bridgehead atoms. The standard InChI is InChI=1S/C19H17N3S/c1-15(12-13-16-8-4-2-5-9-16)21-22-19-20-18(14-23-19)17-10-6-3-7-11-17/h2-14H,1H3,(H,20,22)/b13-12+,21-15-. The van der Waals surface area contributed by atoms with Crippen LogP contribution in [0.15, 0.2) is 77.2 Å². The second-order valence-corrected chi connectivity index (χ2v) is 5.87. The third kappa shape index (κ3) is 4.37. The van der Waals surface area contributed by atoms with Crippen molar-refractivity contribution < 1.29 is 0 Å². The van der Waals surface area contributed by atoms with Gasteiger partial charge in [-0.1, -0.05) is 66.7 Å². The average Bonchev–Trinajstić information content (AvgIpc) is 3.09. The molecule has 3 aromatic rings. The molecule has 0 radical (unpaired) electrons. The summed E-state index contributed by atoms with van der Waals surface area (Å²) in [5.74, 6) is 0. The molecule has 0 unspecified atom stereocenters. The van der Waals surface area contributed by atoms with Crippen LogP contribution in [0.1, 0.15) is 12.5 Å². The van der Waals surface area contributed by atoms with Crippen molar-refractivity contribution in [3.05, 3.63) is 77.7 Å². The zero-order valence-electron chi connectivity index (χ0n) is 12.8. The molecule has 0 aliphatic carbocycles. The molecule has 1 aromatic heterocycles. The van der Waals surface area contributed by atoms with Crippen LogP contribution in [0.3, 0.4) is 0 Å². The van der Waals surface area contributed by atoms with Gasteiger partial charge in [-0.25, -0.2) is 4.98 Å². The van der Waals surface area contributed by atoms with Crippen LogP contribution < -0.4 is 5.43 Å². The highest BCUT2D eigenvalue weighted by Gasteiger charge is 2.02.